The van der Waals surface area contributed by atoms with E-state index in [9.17, 15) is 4.79 Å². The molecule has 1 saturated heterocycles. The molecule has 6 heteroatoms. The summed E-state index contributed by atoms with van der Waals surface area (Å²) >= 11 is 0. The fourth-order valence-corrected chi connectivity index (χ4v) is 1.87. The molecule has 2 heterocycles. The molecule has 1 aromatic rings. The Labute approximate surface area is 99.9 Å². The summed E-state index contributed by atoms with van der Waals surface area (Å²) in [6.45, 7) is 4.55. The molecule has 0 aliphatic carbocycles. The van der Waals surface area contributed by atoms with E-state index in [-0.39, 0.29) is 18.0 Å². The van der Waals surface area contributed by atoms with Crippen LogP contribution in [0.1, 0.15) is 25.5 Å². The summed E-state index contributed by atoms with van der Waals surface area (Å²) in [5.41, 5.74) is 6.20. The third-order valence-corrected chi connectivity index (χ3v) is 3.40. The monoisotopic (exact) mass is 238 g/mol. The molecular weight excluding hydrogens is 220 g/mol. The molecule has 1 fully saturated rings. The van der Waals surface area contributed by atoms with Crippen molar-refractivity contribution >= 4 is 5.91 Å². The molecule has 0 saturated carbocycles. The second-order valence-corrected chi connectivity index (χ2v) is 4.77. The van der Waals surface area contributed by atoms with Crippen LogP contribution in [0.4, 0.5) is 0 Å². The first-order valence-electron chi connectivity index (χ1n) is 5.67. The van der Waals surface area contributed by atoms with Crippen LogP contribution in [0.25, 0.3) is 0 Å². The average molecular weight is 238 g/mol. The lowest BCUT2D eigenvalue weighted by Crippen LogP contribution is -2.50. The topological polar surface area (TPSA) is 93.0 Å². The highest BCUT2D eigenvalue weighted by molar-refractivity contribution is 5.84. The number of nitrogens with zero attached hydrogens (tertiary/aromatic N) is 1. The zero-order chi connectivity index (χ0) is 12.5. The Morgan fingerprint density at radius 3 is 3.12 bits per heavy atom. The van der Waals surface area contributed by atoms with Crippen LogP contribution in [0.2, 0.25) is 0 Å². The van der Waals surface area contributed by atoms with Crippen molar-refractivity contribution in [3.05, 3.63) is 18.0 Å². The van der Waals surface area contributed by atoms with Gasteiger partial charge in [-0.2, -0.15) is 5.10 Å². The van der Waals surface area contributed by atoms with Crippen molar-refractivity contribution in [3.63, 3.8) is 0 Å². The number of aromatic nitrogens is 2. The van der Waals surface area contributed by atoms with Gasteiger partial charge >= 0.3 is 0 Å². The van der Waals surface area contributed by atoms with E-state index in [2.05, 4.69) is 15.5 Å². The standard InChI is InChI=1S/C11H18N4O2/c1-7(8-3-13-14-4-8)15-10(16)11(2)6-17-5-9(11)12/h3-4,7,9H,5-6,12H2,1-2H3,(H,13,14)(H,15,16). The molecule has 1 aliphatic rings. The van der Waals surface area contributed by atoms with Gasteiger partial charge in [0.05, 0.1) is 30.9 Å². The number of H-pyrrole nitrogens is 1. The summed E-state index contributed by atoms with van der Waals surface area (Å²) < 4.78 is 5.26. The Balaban J connectivity index is 2.02. The lowest BCUT2D eigenvalue weighted by Gasteiger charge is -2.27. The molecule has 1 aromatic heterocycles. The Morgan fingerprint density at radius 1 is 1.82 bits per heavy atom. The van der Waals surface area contributed by atoms with Gasteiger partial charge in [0.15, 0.2) is 0 Å². The lowest BCUT2D eigenvalue weighted by molar-refractivity contribution is -0.131. The second-order valence-electron chi connectivity index (χ2n) is 4.77. The predicted octanol–water partition coefficient (Wildman–Crippen LogP) is -0.0493. The SMILES string of the molecule is CC(NC(=O)C1(C)COCC1N)c1cn[nH]c1. The normalized spacial score (nSPS) is 30.2. The predicted molar refractivity (Wildman–Crippen MR) is 62.0 cm³/mol. The first kappa shape index (κ1) is 12.1. The van der Waals surface area contributed by atoms with Crippen LogP contribution in [-0.2, 0) is 9.53 Å². The van der Waals surface area contributed by atoms with Gasteiger partial charge in [-0.25, -0.2) is 0 Å². The van der Waals surface area contributed by atoms with Gasteiger partial charge in [-0.15, -0.1) is 0 Å². The van der Waals surface area contributed by atoms with Gasteiger partial charge in [0.2, 0.25) is 5.91 Å². The number of rotatable bonds is 3. The van der Waals surface area contributed by atoms with Crippen LogP contribution in [0.3, 0.4) is 0 Å². The minimum absolute atomic E-state index is 0.0730. The highest BCUT2D eigenvalue weighted by Gasteiger charge is 2.44. The third-order valence-electron chi connectivity index (χ3n) is 3.40. The molecule has 3 atom stereocenters. The van der Waals surface area contributed by atoms with E-state index in [1.807, 2.05) is 13.8 Å². The lowest BCUT2D eigenvalue weighted by atomic mass is 9.84. The molecule has 0 spiro atoms. The quantitative estimate of drug-likeness (QED) is 0.688. The van der Waals surface area contributed by atoms with Crippen molar-refractivity contribution in [2.75, 3.05) is 13.2 Å². The molecule has 1 aliphatic heterocycles. The van der Waals surface area contributed by atoms with Crippen LogP contribution >= 0.6 is 0 Å². The molecule has 2 rings (SSSR count). The summed E-state index contributed by atoms with van der Waals surface area (Å²) in [6.07, 6.45) is 3.46. The molecule has 17 heavy (non-hydrogen) atoms. The summed E-state index contributed by atoms with van der Waals surface area (Å²) in [5, 5.41) is 9.51. The Kier molecular flexibility index (Phi) is 3.17. The van der Waals surface area contributed by atoms with E-state index in [1.54, 1.807) is 12.4 Å². The fraction of sp³-hybridized carbons (Fsp3) is 0.636. The number of nitrogens with two attached hydrogens (primary N) is 1. The number of carbonyl (C=O) groups is 1. The number of amides is 1. The number of hydrogen-bond acceptors (Lipinski definition) is 4. The van der Waals surface area contributed by atoms with Crippen molar-refractivity contribution in [3.8, 4) is 0 Å². The summed E-state index contributed by atoms with van der Waals surface area (Å²) in [7, 11) is 0. The number of ether oxygens (including phenoxy) is 1. The van der Waals surface area contributed by atoms with Crippen molar-refractivity contribution in [2.24, 2.45) is 11.1 Å². The summed E-state index contributed by atoms with van der Waals surface area (Å²) in [6, 6.07) is -0.343. The maximum atomic E-state index is 12.2. The summed E-state index contributed by atoms with van der Waals surface area (Å²) in [4.78, 5) is 12.2. The Bertz CT molecular complexity index is 392. The van der Waals surface area contributed by atoms with Crippen LogP contribution in [-0.4, -0.2) is 35.4 Å². The molecular formula is C11H18N4O2. The molecule has 3 unspecified atom stereocenters. The van der Waals surface area contributed by atoms with E-state index < -0.39 is 5.41 Å². The molecule has 1 amide bonds. The minimum atomic E-state index is -0.641. The van der Waals surface area contributed by atoms with E-state index in [0.717, 1.165) is 5.56 Å². The zero-order valence-electron chi connectivity index (χ0n) is 10.1. The van der Waals surface area contributed by atoms with E-state index in [0.29, 0.717) is 13.2 Å². The highest BCUT2D eigenvalue weighted by Crippen LogP contribution is 2.28. The first-order chi connectivity index (χ1) is 8.04. The minimum Gasteiger partial charge on any atom is -0.379 e. The van der Waals surface area contributed by atoms with Crippen LogP contribution in [0.5, 0.6) is 0 Å². The molecule has 0 aromatic carbocycles. The number of hydrogen-bond donors (Lipinski definition) is 3. The van der Waals surface area contributed by atoms with E-state index in [4.69, 9.17) is 10.5 Å². The van der Waals surface area contributed by atoms with Crippen molar-refractivity contribution in [2.45, 2.75) is 25.9 Å². The maximum absolute atomic E-state index is 12.2. The van der Waals surface area contributed by atoms with Gasteiger partial charge < -0.3 is 15.8 Å². The molecule has 6 nitrogen and oxygen atoms in total. The number of nitrogens with one attached hydrogen (secondary N) is 2. The van der Waals surface area contributed by atoms with E-state index >= 15 is 0 Å². The van der Waals surface area contributed by atoms with Crippen LogP contribution in [0.15, 0.2) is 12.4 Å². The fourth-order valence-electron chi connectivity index (χ4n) is 1.87. The maximum Gasteiger partial charge on any atom is 0.230 e. The van der Waals surface area contributed by atoms with Crippen molar-refractivity contribution < 1.29 is 9.53 Å². The van der Waals surface area contributed by atoms with E-state index in [1.165, 1.54) is 0 Å². The third kappa shape index (κ3) is 2.18. The Morgan fingerprint density at radius 2 is 2.59 bits per heavy atom. The second kappa shape index (κ2) is 4.46. The summed E-state index contributed by atoms with van der Waals surface area (Å²) in [5.74, 6) is -0.0730. The average Bonchev–Trinajstić information content (AvgIpc) is 2.90. The zero-order valence-corrected chi connectivity index (χ0v) is 10.1. The number of carbonyl (C=O) groups excluding carboxylic acids is 1. The van der Waals surface area contributed by atoms with Gasteiger partial charge in [0.25, 0.3) is 0 Å². The highest BCUT2D eigenvalue weighted by atomic mass is 16.5. The van der Waals surface area contributed by atoms with Crippen LogP contribution < -0.4 is 11.1 Å². The molecule has 0 radical (unpaired) electrons. The Hall–Kier alpha value is -1.40. The number of aromatic amines is 1. The van der Waals surface area contributed by atoms with Crippen LogP contribution in [0, 0.1) is 5.41 Å². The van der Waals surface area contributed by atoms with Crippen molar-refractivity contribution in [1.82, 2.24) is 15.5 Å². The first-order valence-corrected chi connectivity index (χ1v) is 5.67. The molecule has 94 valence electrons. The van der Waals surface area contributed by atoms with Crippen molar-refractivity contribution in [1.29, 1.82) is 0 Å². The molecule has 4 N–H and O–H groups in total. The molecule has 0 bridgehead atoms. The van der Waals surface area contributed by atoms with Gasteiger partial charge in [-0.3, -0.25) is 9.89 Å². The van der Waals surface area contributed by atoms with Gasteiger partial charge in [0.1, 0.15) is 0 Å². The van der Waals surface area contributed by atoms with Gasteiger partial charge in [0, 0.05) is 17.8 Å². The largest absolute Gasteiger partial charge is 0.379 e. The van der Waals surface area contributed by atoms with Gasteiger partial charge in [-0.05, 0) is 13.8 Å². The smallest absolute Gasteiger partial charge is 0.230 e. The van der Waals surface area contributed by atoms with Gasteiger partial charge in [-0.1, -0.05) is 0 Å².